The van der Waals surface area contributed by atoms with Crippen LogP contribution in [0.4, 0.5) is 0 Å². The standard InChI is InChI=1S/C19H17NO3S/c1-2-15-13-8-10-24-17(13)7-9-20(15)18(21)14-11-12-5-3-4-6-16(12)23-19(14)22/h3-6,8,10-11,15H,2,7,9H2,1H3/t15-/m0/s1. The van der Waals surface area contributed by atoms with Crippen molar-refractivity contribution in [3.8, 4) is 0 Å². The molecule has 0 saturated carbocycles. The second-order valence-electron chi connectivity index (χ2n) is 5.96. The van der Waals surface area contributed by atoms with Gasteiger partial charge < -0.3 is 9.32 Å². The molecule has 5 heteroatoms. The van der Waals surface area contributed by atoms with E-state index in [2.05, 4.69) is 18.4 Å². The smallest absolute Gasteiger partial charge is 0.349 e. The normalized spacial score (nSPS) is 17.0. The number of hydrogen-bond acceptors (Lipinski definition) is 4. The summed E-state index contributed by atoms with van der Waals surface area (Å²) in [6, 6.07) is 11.0. The largest absolute Gasteiger partial charge is 0.422 e. The maximum Gasteiger partial charge on any atom is 0.349 e. The van der Waals surface area contributed by atoms with Gasteiger partial charge in [0.15, 0.2) is 0 Å². The minimum absolute atomic E-state index is 0.0263. The highest BCUT2D eigenvalue weighted by molar-refractivity contribution is 7.10. The molecular weight excluding hydrogens is 322 g/mol. The zero-order valence-corrected chi connectivity index (χ0v) is 14.1. The molecule has 0 fully saturated rings. The van der Waals surface area contributed by atoms with Crippen LogP contribution in [0, 0.1) is 0 Å². The third-order valence-electron chi connectivity index (χ3n) is 4.61. The zero-order chi connectivity index (χ0) is 16.7. The molecule has 0 N–H and O–H groups in total. The third-order valence-corrected chi connectivity index (χ3v) is 5.61. The Labute approximate surface area is 143 Å². The van der Waals surface area contributed by atoms with Gasteiger partial charge in [-0.1, -0.05) is 25.1 Å². The molecule has 1 aliphatic rings. The minimum Gasteiger partial charge on any atom is -0.422 e. The fraction of sp³-hybridized carbons (Fsp3) is 0.263. The van der Waals surface area contributed by atoms with Gasteiger partial charge in [0.1, 0.15) is 11.1 Å². The van der Waals surface area contributed by atoms with Gasteiger partial charge in [-0.25, -0.2) is 4.79 Å². The molecule has 0 aliphatic carbocycles. The van der Waals surface area contributed by atoms with Crippen molar-refractivity contribution in [2.45, 2.75) is 25.8 Å². The molecule has 3 aromatic rings. The number of para-hydroxylation sites is 1. The molecule has 0 saturated heterocycles. The van der Waals surface area contributed by atoms with E-state index in [4.69, 9.17) is 4.42 Å². The fourth-order valence-corrected chi connectivity index (χ4v) is 4.37. The van der Waals surface area contributed by atoms with Crippen LogP contribution in [0.2, 0.25) is 0 Å². The zero-order valence-electron chi connectivity index (χ0n) is 13.3. The first-order valence-electron chi connectivity index (χ1n) is 8.09. The van der Waals surface area contributed by atoms with Crippen molar-refractivity contribution >= 4 is 28.2 Å². The summed E-state index contributed by atoms with van der Waals surface area (Å²) in [6.07, 6.45) is 1.67. The van der Waals surface area contributed by atoms with Gasteiger partial charge in [0.25, 0.3) is 5.91 Å². The van der Waals surface area contributed by atoms with Gasteiger partial charge in [-0.2, -0.15) is 0 Å². The van der Waals surface area contributed by atoms with Crippen molar-refractivity contribution in [3.63, 3.8) is 0 Å². The summed E-state index contributed by atoms with van der Waals surface area (Å²) in [6.45, 7) is 2.71. The topological polar surface area (TPSA) is 50.5 Å². The van der Waals surface area contributed by atoms with E-state index in [-0.39, 0.29) is 17.5 Å². The number of amides is 1. The summed E-state index contributed by atoms with van der Waals surface area (Å²) in [5, 5.41) is 2.84. The van der Waals surface area contributed by atoms with E-state index in [1.165, 1.54) is 10.4 Å². The van der Waals surface area contributed by atoms with Crippen LogP contribution in [0.15, 0.2) is 51.0 Å². The average molecular weight is 339 g/mol. The summed E-state index contributed by atoms with van der Waals surface area (Å²) in [4.78, 5) is 28.5. The minimum atomic E-state index is -0.565. The van der Waals surface area contributed by atoms with Gasteiger partial charge in [0.2, 0.25) is 0 Å². The Bertz CT molecular complexity index is 972. The van der Waals surface area contributed by atoms with Crippen molar-refractivity contribution in [1.82, 2.24) is 4.90 Å². The summed E-state index contributed by atoms with van der Waals surface area (Å²) in [5.74, 6) is -0.238. The molecule has 24 heavy (non-hydrogen) atoms. The number of thiophene rings is 1. The Morgan fingerprint density at radius 3 is 3.00 bits per heavy atom. The second kappa shape index (κ2) is 5.91. The van der Waals surface area contributed by atoms with Crippen LogP contribution in [-0.2, 0) is 6.42 Å². The number of carbonyl (C=O) groups excluding carboxylic acids is 1. The van der Waals surface area contributed by atoms with E-state index < -0.39 is 5.63 Å². The predicted molar refractivity (Wildman–Crippen MR) is 94.6 cm³/mol. The summed E-state index contributed by atoms with van der Waals surface area (Å²) in [5.41, 5.74) is 1.27. The Morgan fingerprint density at radius 1 is 1.33 bits per heavy atom. The first-order chi connectivity index (χ1) is 11.7. The van der Waals surface area contributed by atoms with Gasteiger partial charge in [-0.3, -0.25) is 4.79 Å². The van der Waals surface area contributed by atoms with Crippen molar-refractivity contribution in [1.29, 1.82) is 0 Å². The van der Waals surface area contributed by atoms with Crippen molar-refractivity contribution in [2.75, 3.05) is 6.54 Å². The molecule has 0 unspecified atom stereocenters. The lowest BCUT2D eigenvalue weighted by molar-refractivity contribution is 0.0653. The lowest BCUT2D eigenvalue weighted by Crippen LogP contribution is -2.41. The molecular formula is C19H17NO3S. The van der Waals surface area contributed by atoms with Crippen LogP contribution in [0.25, 0.3) is 11.0 Å². The number of hydrogen-bond donors (Lipinski definition) is 0. The molecule has 4 nitrogen and oxygen atoms in total. The van der Waals surface area contributed by atoms with Gasteiger partial charge in [-0.15, -0.1) is 11.3 Å². The van der Waals surface area contributed by atoms with Crippen LogP contribution >= 0.6 is 11.3 Å². The maximum atomic E-state index is 13.0. The van der Waals surface area contributed by atoms with Crippen molar-refractivity contribution < 1.29 is 9.21 Å². The van der Waals surface area contributed by atoms with Crippen molar-refractivity contribution in [3.05, 3.63) is 68.2 Å². The third kappa shape index (κ3) is 2.36. The maximum absolute atomic E-state index is 13.0. The molecule has 3 heterocycles. The highest BCUT2D eigenvalue weighted by Gasteiger charge is 2.32. The van der Waals surface area contributed by atoms with E-state index in [0.717, 1.165) is 18.2 Å². The van der Waals surface area contributed by atoms with Crippen LogP contribution in [-0.4, -0.2) is 17.4 Å². The highest BCUT2D eigenvalue weighted by Crippen LogP contribution is 2.35. The summed E-state index contributed by atoms with van der Waals surface area (Å²) < 4.78 is 5.33. The molecule has 1 aliphatic heterocycles. The van der Waals surface area contributed by atoms with Gasteiger partial charge >= 0.3 is 5.63 Å². The summed E-state index contributed by atoms with van der Waals surface area (Å²) >= 11 is 1.74. The lowest BCUT2D eigenvalue weighted by Gasteiger charge is -2.35. The number of nitrogens with zero attached hydrogens (tertiary/aromatic N) is 1. The number of fused-ring (bicyclic) bond motifs is 2. The first-order valence-corrected chi connectivity index (χ1v) is 8.97. The molecule has 0 spiro atoms. The number of rotatable bonds is 2. The van der Waals surface area contributed by atoms with E-state index in [9.17, 15) is 9.59 Å². The molecule has 2 aromatic heterocycles. The SMILES string of the molecule is CC[C@H]1c2ccsc2CCN1C(=O)c1cc2ccccc2oc1=O. The van der Waals surface area contributed by atoms with E-state index in [1.54, 1.807) is 23.5 Å². The molecule has 1 aromatic carbocycles. The molecule has 4 rings (SSSR count). The van der Waals surface area contributed by atoms with Crippen LogP contribution < -0.4 is 5.63 Å². The van der Waals surface area contributed by atoms with Gasteiger partial charge in [-0.05, 0) is 42.0 Å². The molecule has 0 radical (unpaired) electrons. The van der Waals surface area contributed by atoms with Gasteiger partial charge in [0.05, 0.1) is 6.04 Å². The quantitative estimate of drug-likeness (QED) is 0.663. The lowest BCUT2D eigenvalue weighted by atomic mass is 9.97. The average Bonchev–Trinajstić information content (AvgIpc) is 3.08. The molecule has 0 bridgehead atoms. The van der Waals surface area contributed by atoms with E-state index in [0.29, 0.717) is 12.1 Å². The van der Waals surface area contributed by atoms with Crippen LogP contribution in [0.1, 0.15) is 40.2 Å². The van der Waals surface area contributed by atoms with E-state index >= 15 is 0 Å². The van der Waals surface area contributed by atoms with Crippen LogP contribution in [0.3, 0.4) is 0 Å². The Morgan fingerprint density at radius 2 is 2.17 bits per heavy atom. The Kier molecular flexibility index (Phi) is 3.73. The Hall–Kier alpha value is -2.40. The molecule has 1 amide bonds. The number of carbonyl (C=O) groups is 1. The molecule has 122 valence electrons. The van der Waals surface area contributed by atoms with E-state index in [1.807, 2.05) is 23.1 Å². The Balaban J connectivity index is 1.76. The summed E-state index contributed by atoms with van der Waals surface area (Å²) in [7, 11) is 0. The van der Waals surface area contributed by atoms with Crippen molar-refractivity contribution in [2.24, 2.45) is 0 Å². The van der Waals surface area contributed by atoms with Gasteiger partial charge in [0, 0.05) is 16.8 Å². The monoisotopic (exact) mass is 339 g/mol. The molecule has 1 atom stereocenters. The fourth-order valence-electron chi connectivity index (χ4n) is 3.45. The first kappa shape index (κ1) is 15.1. The highest BCUT2D eigenvalue weighted by atomic mass is 32.1. The second-order valence-corrected chi connectivity index (χ2v) is 6.96. The van der Waals surface area contributed by atoms with Crippen LogP contribution in [0.5, 0.6) is 0 Å². The predicted octanol–water partition coefficient (Wildman–Crippen LogP) is 4.00. The number of benzene rings is 1.